The number of fused-ring (bicyclic) bond motifs is 7. The van der Waals surface area contributed by atoms with Gasteiger partial charge >= 0.3 is 5.97 Å². The zero-order valence-electron chi connectivity index (χ0n) is 22.2. The number of carboxylic acid groups (broad SMARTS) is 1. The van der Waals surface area contributed by atoms with Gasteiger partial charge in [-0.1, -0.05) is 39.8 Å². The van der Waals surface area contributed by atoms with Crippen LogP contribution in [0.1, 0.15) is 98.8 Å². The minimum Gasteiger partial charge on any atom is -0.481 e. The fourth-order valence-electron chi connectivity index (χ4n) is 11.5. The van der Waals surface area contributed by atoms with E-state index in [9.17, 15) is 20.1 Å². The highest BCUT2D eigenvalue weighted by Gasteiger charge is 2.72. The molecule has 4 nitrogen and oxygen atoms in total. The average molecular weight is 473 g/mol. The first-order valence-electron chi connectivity index (χ1n) is 14.0. The first kappa shape index (κ1) is 24.8. The van der Waals surface area contributed by atoms with Crippen molar-refractivity contribution in [3.8, 4) is 0 Å². The highest BCUT2D eigenvalue weighted by molar-refractivity contribution is 5.76. The van der Waals surface area contributed by atoms with E-state index in [1.165, 1.54) is 5.57 Å². The molecule has 5 rings (SSSR count). The fourth-order valence-corrected chi connectivity index (χ4v) is 11.5. The van der Waals surface area contributed by atoms with Crippen LogP contribution in [-0.4, -0.2) is 34.0 Å². The fraction of sp³-hybridized carbons (Fsp3) is 0.900. The summed E-state index contributed by atoms with van der Waals surface area (Å²) in [5, 5.41) is 31.8. The van der Waals surface area contributed by atoms with Gasteiger partial charge in [0.1, 0.15) is 0 Å². The monoisotopic (exact) mass is 472 g/mol. The van der Waals surface area contributed by atoms with Crippen LogP contribution in [-0.2, 0) is 4.79 Å². The lowest BCUT2D eigenvalue weighted by atomic mass is 9.32. The van der Waals surface area contributed by atoms with Gasteiger partial charge in [0.15, 0.2) is 0 Å². The molecule has 0 aromatic carbocycles. The Kier molecular flexibility index (Phi) is 5.52. The van der Waals surface area contributed by atoms with Crippen LogP contribution in [0, 0.1) is 56.7 Å². The molecule has 5 aliphatic carbocycles. The second-order valence-electron chi connectivity index (χ2n) is 14.4. The lowest BCUT2D eigenvalue weighted by Gasteiger charge is -2.72. The summed E-state index contributed by atoms with van der Waals surface area (Å²) in [6.45, 7) is 16.2. The van der Waals surface area contributed by atoms with E-state index in [-0.39, 0.29) is 28.8 Å². The Hall–Kier alpha value is -0.870. The number of allylic oxidation sites excluding steroid dienone is 1. The van der Waals surface area contributed by atoms with Gasteiger partial charge in [-0.05, 0) is 117 Å². The second-order valence-corrected chi connectivity index (χ2v) is 14.4. The van der Waals surface area contributed by atoms with Crippen LogP contribution in [0.25, 0.3) is 0 Å². The van der Waals surface area contributed by atoms with E-state index < -0.39 is 22.9 Å². The van der Waals surface area contributed by atoms with Gasteiger partial charge in [0.2, 0.25) is 0 Å². The number of aliphatic hydroxyl groups excluding tert-OH is 2. The Morgan fingerprint density at radius 1 is 0.882 bits per heavy atom. The van der Waals surface area contributed by atoms with Gasteiger partial charge in [-0.3, -0.25) is 4.79 Å². The van der Waals surface area contributed by atoms with Crippen LogP contribution in [0.3, 0.4) is 0 Å². The van der Waals surface area contributed by atoms with E-state index in [0.29, 0.717) is 23.7 Å². The van der Waals surface area contributed by atoms with Crippen molar-refractivity contribution >= 4 is 5.97 Å². The Balaban J connectivity index is 1.56. The van der Waals surface area contributed by atoms with Crippen LogP contribution in [0.4, 0.5) is 0 Å². The van der Waals surface area contributed by atoms with Crippen molar-refractivity contribution in [2.75, 3.05) is 6.61 Å². The Morgan fingerprint density at radius 3 is 2.21 bits per heavy atom. The highest BCUT2D eigenvalue weighted by Crippen LogP contribution is 2.77. The maximum absolute atomic E-state index is 12.8. The Bertz CT molecular complexity index is 883. The van der Waals surface area contributed by atoms with E-state index in [4.69, 9.17) is 0 Å². The van der Waals surface area contributed by atoms with E-state index in [1.807, 2.05) is 0 Å². The average Bonchev–Trinajstić information content (AvgIpc) is 3.18. The van der Waals surface area contributed by atoms with Crippen LogP contribution in [0.15, 0.2) is 12.2 Å². The molecule has 1 unspecified atom stereocenters. The maximum Gasteiger partial charge on any atom is 0.309 e. The maximum atomic E-state index is 12.8. The molecule has 0 aromatic rings. The van der Waals surface area contributed by atoms with Gasteiger partial charge in [0, 0.05) is 5.41 Å². The minimum atomic E-state index is -0.567. The molecule has 0 heterocycles. The molecule has 0 spiro atoms. The smallest absolute Gasteiger partial charge is 0.309 e. The van der Waals surface area contributed by atoms with Gasteiger partial charge in [-0.15, -0.1) is 0 Å². The molecule has 0 amide bonds. The summed E-state index contributed by atoms with van der Waals surface area (Å²) >= 11 is 0. The van der Waals surface area contributed by atoms with Crippen molar-refractivity contribution in [1.82, 2.24) is 0 Å². The molecule has 0 saturated heterocycles. The Labute approximate surface area is 206 Å². The summed E-state index contributed by atoms with van der Waals surface area (Å²) in [5.74, 6) is 1.30. The molecule has 4 heteroatoms. The summed E-state index contributed by atoms with van der Waals surface area (Å²) < 4.78 is 0. The van der Waals surface area contributed by atoms with Crippen molar-refractivity contribution in [1.29, 1.82) is 0 Å². The molecule has 3 N–H and O–H groups in total. The van der Waals surface area contributed by atoms with Crippen LogP contribution in [0.5, 0.6) is 0 Å². The first-order valence-corrected chi connectivity index (χ1v) is 14.0. The molecule has 192 valence electrons. The molecule has 0 aromatic heterocycles. The van der Waals surface area contributed by atoms with Crippen molar-refractivity contribution in [3.63, 3.8) is 0 Å². The van der Waals surface area contributed by atoms with Gasteiger partial charge < -0.3 is 15.3 Å². The number of aliphatic carboxylic acids is 1. The van der Waals surface area contributed by atoms with Crippen LogP contribution >= 0.6 is 0 Å². The molecule has 34 heavy (non-hydrogen) atoms. The van der Waals surface area contributed by atoms with E-state index in [1.54, 1.807) is 0 Å². The normalized spacial score (nSPS) is 56.6. The molecule has 5 saturated carbocycles. The van der Waals surface area contributed by atoms with Gasteiger partial charge in [-0.25, -0.2) is 0 Å². The topological polar surface area (TPSA) is 77.8 Å². The summed E-state index contributed by atoms with van der Waals surface area (Å²) in [5.41, 5.74) is 0.586. The molecule has 5 fully saturated rings. The molecular formula is C30H48O4. The number of hydrogen-bond acceptors (Lipinski definition) is 3. The van der Waals surface area contributed by atoms with Gasteiger partial charge in [-0.2, -0.15) is 0 Å². The third-order valence-electron chi connectivity index (χ3n) is 13.6. The summed E-state index contributed by atoms with van der Waals surface area (Å²) in [6, 6.07) is 0. The van der Waals surface area contributed by atoms with E-state index in [2.05, 4.69) is 41.2 Å². The SMILES string of the molecule is C=C(C)[C@@H]1CC[C@]2(C(=O)O)CC[C@]3(C)C(CC[C@@H]4[C@@]5(C)CC[C@H](O)[C@@](C)(CO)[C@@H]5CC[C@]43C)[C@H]12. The zero-order valence-corrected chi connectivity index (χ0v) is 22.2. The summed E-state index contributed by atoms with van der Waals surface area (Å²) in [4.78, 5) is 12.8. The van der Waals surface area contributed by atoms with Crippen molar-refractivity contribution in [2.24, 2.45) is 56.7 Å². The van der Waals surface area contributed by atoms with Crippen molar-refractivity contribution < 1.29 is 20.1 Å². The quantitative estimate of drug-likeness (QED) is 0.436. The predicted molar refractivity (Wildman–Crippen MR) is 134 cm³/mol. The first-order chi connectivity index (χ1) is 15.8. The van der Waals surface area contributed by atoms with E-state index >= 15 is 0 Å². The number of hydrogen-bond donors (Lipinski definition) is 3. The lowest BCUT2D eigenvalue weighted by Crippen LogP contribution is -2.67. The number of carboxylic acids is 1. The van der Waals surface area contributed by atoms with Crippen molar-refractivity contribution in [3.05, 3.63) is 12.2 Å². The summed E-state index contributed by atoms with van der Waals surface area (Å²) in [7, 11) is 0. The van der Waals surface area contributed by atoms with Gasteiger partial charge in [0.05, 0.1) is 18.1 Å². The third kappa shape index (κ3) is 2.76. The predicted octanol–water partition coefficient (Wildman–Crippen LogP) is 6.06. The molecule has 5 aliphatic rings. The molecule has 11 atom stereocenters. The Morgan fingerprint density at radius 2 is 1.59 bits per heavy atom. The molecule has 0 aliphatic heterocycles. The second kappa shape index (κ2) is 7.57. The summed E-state index contributed by atoms with van der Waals surface area (Å²) in [6.07, 6.45) is 9.43. The molecular weight excluding hydrogens is 424 g/mol. The number of carbonyl (C=O) groups is 1. The zero-order chi connectivity index (χ0) is 24.9. The van der Waals surface area contributed by atoms with Crippen LogP contribution in [0.2, 0.25) is 0 Å². The highest BCUT2D eigenvalue weighted by atomic mass is 16.4. The van der Waals surface area contributed by atoms with Crippen molar-refractivity contribution in [2.45, 2.75) is 105 Å². The number of rotatable bonds is 3. The molecule has 0 bridgehead atoms. The standard InChI is InChI=1S/C30H48O4/c1-18(2)19-9-14-30(25(33)34)16-15-28(5)20(24(19)30)7-8-22-26(3)12-11-23(32)27(4,17-31)21(26)10-13-29(22,28)6/h19-24,31-32H,1,7-17H2,2-6H3,(H,33,34)/t19-,20?,21+,22+,23-,24-,26-,27-,28+,29+,30-/m0/s1. The number of aliphatic hydroxyl groups is 2. The minimum absolute atomic E-state index is 0.0568. The van der Waals surface area contributed by atoms with Gasteiger partial charge in [0.25, 0.3) is 0 Å². The van der Waals surface area contributed by atoms with E-state index in [0.717, 1.165) is 64.2 Å². The lowest BCUT2D eigenvalue weighted by molar-refractivity contribution is -0.254. The largest absolute Gasteiger partial charge is 0.481 e. The molecule has 0 radical (unpaired) electrons. The third-order valence-corrected chi connectivity index (χ3v) is 13.6. The van der Waals surface area contributed by atoms with Crippen LogP contribution < -0.4 is 0 Å².